The Hall–Kier alpha value is -1.45. The molecule has 0 saturated heterocycles. The Balaban J connectivity index is 2.46. The molecule has 4 heteroatoms. The maximum Gasteiger partial charge on any atom is 0.252 e. The number of aldehydes is 1. The predicted octanol–water partition coefficient (Wildman–Crippen LogP) is 2.63. The molecule has 86 valence electrons. The molecule has 0 aromatic heterocycles. The molecule has 0 radical (unpaired) electrons. The molecule has 0 saturated carbocycles. The van der Waals surface area contributed by atoms with Crippen LogP contribution in [-0.4, -0.2) is 19.3 Å². The first-order valence-electron chi connectivity index (χ1n) is 5.08. The molecule has 0 aliphatic heterocycles. The van der Waals surface area contributed by atoms with E-state index < -0.39 is 5.92 Å². The van der Waals surface area contributed by atoms with Gasteiger partial charge in [0, 0.05) is 12.8 Å². The van der Waals surface area contributed by atoms with Gasteiger partial charge >= 0.3 is 0 Å². The molecule has 0 spiro atoms. The van der Waals surface area contributed by atoms with E-state index in [1.807, 2.05) is 0 Å². The number of alkyl halides is 2. The van der Waals surface area contributed by atoms with E-state index in [-0.39, 0.29) is 12.8 Å². The molecule has 0 atom stereocenters. The third-order valence-electron chi connectivity index (χ3n) is 2.89. The van der Waals surface area contributed by atoms with E-state index in [1.165, 1.54) is 13.2 Å². The van der Waals surface area contributed by atoms with Crippen LogP contribution in [0.25, 0.3) is 0 Å². The van der Waals surface area contributed by atoms with Gasteiger partial charge in [-0.15, -0.1) is 0 Å². The van der Waals surface area contributed by atoms with Crippen LogP contribution in [0.1, 0.15) is 27.9 Å². The normalized spacial score (nSPS) is 17.7. The molecule has 0 heterocycles. The first-order chi connectivity index (χ1) is 7.55. The van der Waals surface area contributed by atoms with Gasteiger partial charge in [0.25, 0.3) is 5.92 Å². The number of halogens is 2. The maximum atomic E-state index is 13.2. The van der Waals surface area contributed by atoms with Gasteiger partial charge in [0.1, 0.15) is 5.75 Å². The molecule has 1 aromatic carbocycles. The molecular weight excluding hydrogens is 214 g/mol. The Morgan fingerprint density at radius 3 is 2.75 bits per heavy atom. The third kappa shape index (κ3) is 1.92. The lowest BCUT2D eigenvalue weighted by Crippen LogP contribution is -2.26. The van der Waals surface area contributed by atoms with Gasteiger partial charge in [-0.2, -0.15) is 0 Å². The summed E-state index contributed by atoms with van der Waals surface area (Å²) >= 11 is 0. The van der Waals surface area contributed by atoms with Crippen LogP contribution in [0.5, 0.6) is 5.75 Å². The van der Waals surface area contributed by atoms with Crippen molar-refractivity contribution in [1.82, 2.24) is 0 Å². The van der Waals surface area contributed by atoms with Gasteiger partial charge in [-0.05, 0) is 29.7 Å². The lowest BCUT2D eigenvalue weighted by Gasteiger charge is -2.25. The number of benzene rings is 1. The Morgan fingerprint density at radius 1 is 1.38 bits per heavy atom. The Labute approximate surface area is 92.2 Å². The average Bonchev–Trinajstić information content (AvgIpc) is 2.26. The predicted molar refractivity (Wildman–Crippen MR) is 55.4 cm³/mol. The molecule has 16 heavy (non-hydrogen) atoms. The fraction of sp³-hybridized carbons (Fsp3) is 0.417. The minimum Gasteiger partial charge on any atom is -0.496 e. The van der Waals surface area contributed by atoms with Crippen LogP contribution >= 0.6 is 0 Å². The first-order valence-corrected chi connectivity index (χ1v) is 5.08. The molecule has 2 rings (SSSR count). The first kappa shape index (κ1) is 11.0. The van der Waals surface area contributed by atoms with Gasteiger partial charge in [-0.3, -0.25) is 4.79 Å². The van der Waals surface area contributed by atoms with Gasteiger partial charge in [0.2, 0.25) is 0 Å². The Kier molecular flexibility index (Phi) is 2.66. The minimum absolute atomic E-state index is 0.135. The summed E-state index contributed by atoms with van der Waals surface area (Å²) < 4.78 is 31.4. The zero-order valence-electron chi connectivity index (χ0n) is 8.93. The molecule has 0 bridgehead atoms. The van der Waals surface area contributed by atoms with Gasteiger partial charge in [-0.25, -0.2) is 8.78 Å². The fourth-order valence-electron chi connectivity index (χ4n) is 2.04. The van der Waals surface area contributed by atoms with Crippen molar-refractivity contribution in [3.8, 4) is 5.75 Å². The highest BCUT2D eigenvalue weighted by molar-refractivity contribution is 5.80. The van der Waals surface area contributed by atoms with Crippen LogP contribution in [0.2, 0.25) is 0 Å². The molecule has 1 aliphatic rings. The number of aryl methyl sites for hydroxylation is 1. The van der Waals surface area contributed by atoms with E-state index in [9.17, 15) is 13.6 Å². The number of hydrogen-bond donors (Lipinski definition) is 0. The molecule has 0 fully saturated rings. The van der Waals surface area contributed by atoms with Crippen molar-refractivity contribution >= 4 is 6.29 Å². The number of carbonyl (C=O) groups is 1. The van der Waals surface area contributed by atoms with E-state index in [0.29, 0.717) is 29.6 Å². The van der Waals surface area contributed by atoms with E-state index >= 15 is 0 Å². The highest BCUT2D eigenvalue weighted by Crippen LogP contribution is 2.35. The number of ether oxygens (including phenoxy) is 1. The lowest BCUT2D eigenvalue weighted by atomic mass is 9.88. The van der Waals surface area contributed by atoms with Crippen LogP contribution in [0.3, 0.4) is 0 Å². The summed E-state index contributed by atoms with van der Waals surface area (Å²) in [6.45, 7) is 0. The van der Waals surface area contributed by atoms with Crippen LogP contribution in [0, 0.1) is 0 Å². The summed E-state index contributed by atoms with van der Waals surface area (Å²) in [5.41, 5.74) is 1.74. The van der Waals surface area contributed by atoms with Crippen LogP contribution in [-0.2, 0) is 12.8 Å². The summed E-state index contributed by atoms with van der Waals surface area (Å²) in [6, 6.07) is 3.20. The maximum absolute atomic E-state index is 13.2. The third-order valence-corrected chi connectivity index (χ3v) is 2.89. The van der Waals surface area contributed by atoms with Crippen molar-refractivity contribution in [3.63, 3.8) is 0 Å². The summed E-state index contributed by atoms with van der Waals surface area (Å²) in [7, 11) is 1.46. The number of methoxy groups -OCH3 is 1. The second-order valence-corrected chi connectivity index (χ2v) is 4.01. The van der Waals surface area contributed by atoms with E-state index in [2.05, 4.69) is 0 Å². The number of fused-ring (bicyclic) bond motifs is 1. The molecule has 1 aromatic rings. The number of carbonyl (C=O) groups excluding carboxylic acids is 1. The molecule has 1 aliphatic carbocycles. The molecule has 0 amide bonds. The van der Waals surface area contributed by atoms with Crippen molar-refractivity contribution < 1.29 is 18.3 Å². The standard InChI is InChI=1S/C12H12F2O2/c1-16-11-5-8-2-3-12(13,14)6-9(8)4-10(11)7-15/h4-5,7H,2-3,6H2,1H3. The lowest BCUT2D eigenvalue weighted by molar-refractivity contribution is -0.0122. The zero-order valence-corrected chi connectivity index (χ0v) is 8.93. The smallest absolute Gasteiger partial charge is 0.252 e. The van der Waals surface area contributed by atoms with Crippen LogP contribution in [0.4, 0.5) is 8.78 Å². The minimum atomic E-state index is -2.65. The number of hydrogen-bond acceptors (Lipinski definition) is 2. The van der Waals surface area contributed by atoms with Crippen molar-refractivity contribution in [1.29, 1.82) is 0 Å². The van der Waals surface area contributed by atoms with Crippen molar-refractivity contribution in [2.75, 3.05) is 7.11 Å². The van der Waals surface area contributed by atoms with Crippen LogP contribution in [0.15, 0.2) is 12.1 Å². The van der Waals surface area contributed by atoms with Crippen molar-refractivity contribution in [2.45, 2.75) is 25.2 Å². The van der Waals surface area contributed by atoms with Crippen molar-refractivity contribution in [2.24, 2.45) is 0 Å². The highest BCUT2D eigenvalue weighted by Gasteiger charge is 2.34. The van der Waals surface area contributed by atoms with Crippen LogP contribution < -0.4 is 4.74 Å². The Morgan fingerprint density at radius 2 is 2.12 bits per heavy atom. The summed E-state index contributed by atoms with van der Waals surface area (Å²) in [5, 5.41) is 0. The summed E-state index contributed by atoms with van der Waals surface area (Å²) in [4.78, 5) is 10.8. The van der Waals surface area contributed by atoms with Gasteiger partial charge in [-0.1, -0.05) is 0 Å². The number of rotatable bonds is 2. The Bertz CT molecular complexity index is 427. The quantitative estimate of drug-likeness (QED) is 0.724. The van der Waals surface area contributed by atoms with Gasteiger partial charge in [0.15, 0.2) is 6.29 Å². The molecule has 2 nitrogen and oxygen atoms in total. The second-order valence-electron chi connectivity index (χ2n) is 4.01. The topological polar surface area (TPSA) is 26.3 Å². The monoisotopic (exact) mass is 226 g/mol. The SMILES string of the molecule is COc1cc2c(cc1C=O)CC(F)(F)CC2. The summed E-state index contributed by atoms with van der Waals surface area (Å²) in [5.74, 6) is -2.19. The second kappa shape index (κ2) is 3.85. The van der Waals surface area contributed by atoms with Gasteiger partial charge < -0.3 is 4.74 Å². The van der Waals surface area contributed by atoms with E-state index in [1.54, 1.807) is 6.07 Å². The highest BCUT2D eigenvalue weighted by atomic mass is 19.3. The van der Waals surface area contributed by atoms with Crippen molar-refractivity contribution in [3.05, 3.63) is 28.8 Å². The zero-order chi connectivity index (χ0) is 11.8. The average molecular weight is 226 g/mol. The summed E-state index contributed by atoms with van der Waals surface area (Å²) in [6.07, 6.45) is 0.542. The molecule has 0 unspecified atom stereocenters. The van der Waals surface area contributed by atoms with E-state index in [0.717, 1.165) is 5.56 Å². The fourth-order valence-corrected chi connectivity index (χ4v) is 2.04. The molecule has 0 N–H and O–H groups in total. The van der Waals surface area contributed by atoms with Gasteiger partial charge in [0.05, 0.1) is 12.7 Å². The largest absolute Gasteiger partial charge is 0.496 e. The molecular formula is C12H12F2O2. The van der Waals surface area contributed by atoms with E-state index in [4.69, 9.17) is 4.74 Å².